The Morgan fingerprint density at radius 3 is 2.28 bits per heavy atom. The monoisotopic (exact) mass is 248 g/mol. The topological polar surface area (TPSA) is 158 Å². The first-order valence-corrected chi connectivity index (χ1v) is 4.53. The van der Waals surface area contributed by atoms with Gasteiger partial charge in [0.1, 0.15) is 5.69 Å². The number of nitro benzene ring substituents is 1. The highest BCUT2D eigenvalue weighted by atomic mass is 16.6. The molecule has 2 N–H and O–H groups in total. The average molecular weight is 248 g/mol. The standard InChI is InChI=1S/C8H4N6O4/c9-13-12-5-1-3-4(2-6(5)14(17)18)11-8(16)7(15)10-3/h1-2H,(H,10,15)(H,11,16). The number of nitrogens with one attached hydrogen (secondary N) is 2. The molecule has 0 atom stereocenters. The molecule has 2 aromatic rings. The van der Waals surface area contributed by atoms with Gasteiger partial charge in [-0.05, 0) is 11.6 Å². The lowest BCUT2D eigenvalue weighted by atomic mass is 10.2. The van der Waals surface area contributed by atoms with Crippen molar-refractivity contribution in [2.45, 2.75) is 0 Å². The molecule has 90 valence electrons. The molecule has 10 nitrogen and oxygen atoms in total. The molecule has 2 rings (SSSR count). The number of aromatic amines is 2. The van der Waals surface area contributed by atoms with E-state index in [0.29, 0.717) is 0 Å². The summed E-state index contributed by atoms with van der Waals surface area (Å²) in [5, 5.41) is 13.9. The van der Waals surface area contributed by atoms with Crippen molar-refractivity contribution in [3.8, 4) is 0 Å². The number of aromatic nitrogens is 2. The smallest absolute Gasteiger partial charge is 0.314 e. The molecular weight excluding hydrogens is 244 g/mol. The van der Waals surface area contributed by atoms with Crippen LogP contribution in [0.1, 0.15) is 0 Å². The molecule has 0 radical (unpaired) electrons. The maximum Gasteiger partial charge on any atom is 0.314 e. The minimum Gasteiger partial charge on any atom is -0.316 e. The maximum absolute atomic E-state index is 11.1. The summed E-state index contributed by atoms with van der Waals surface area (Å²) in [6, 6.07) is 2.13. The summed E-state index contributed by atoms with van der Waals surface area (Å²) in [6.07, 6.45) is 0. The molecule has 1 aromatic carbocycles. The van der Waals surface area contributed by atoms with Gasteiger partial charge in [-0.1, -0.05) is 5.11 Å². The van der Waals surface area contributed by atoms with Crippen molar-refractivity contribution >= 4 is 22.4 Å². The minimum absolute atomic E-state index is 0.0724. The largest absolute Gasteiger partial charge is 0.316 e. The normalized spacial score (nSPS) is 10.0. The summed E-state index contributed by atoms with van der Waals surface area (Å²) < 4.78 is 0. The van der Waals surface area contributed by atoms with E-state index in [4.69, 9.17) is 5.53 Å². The number of benzene rings is 1. The van der Waals surface area contributed by atoms with Crippen LogP contribution >= 0.6 is 0 Å². The van der Waals surface area contributed by atoms with Gasteiger partial charge in [-0.25, -0.2) is 0 Å². The van der Waals surface area contributed by atoms with E-state index >= 15 is 0 Å². The molecular formula is C8H4N6O4. The summed E-state index contributed by atoms with van der Waals surface area (Å²) in [5.74, 6) is 0. The summed E-state index contributed by atoms with van der Waals surface area (Å²) in [6.45, 7) is 0. The second-order valence-electron chi connectivity index (χ2n) is 3.24. The molecule has 0 aliphatic rings. The van der Waals surface area contributed by atoms with Crippen LogP contribution in [0.25, 0.3) is 21.5 Å². The van der Waals surface area contributed by atoms with Crippen LogP contribution in [0, 0.1) is 10.1 Å². The highest BCUT2D eigenvalue weighted by Gasteiger charge is 2.15. The molecule has 0 saturated carbocycles. The third-order valence-corrected chi connectivity index (χ3v) is 2.17. The molecule has 0 spiro atoms. The van der Waals surface area contributed by atoms with Gasteiger partial charge in [-0.3, -0.25) is 19.7 Å². The fourth-order valence-electron chi connectivity index (χ4n) is 1.42. The van der Waals surface area contributed by atoms with Crippen LogP contribution in [0.5, 0.6) is 0 Å². The van der Waals surface area contributed by atoms with Gasteiger partial charge in [0.2, 0.25) is 0 Å². The van der Waals surface area contributed by atoms with Crippen molar-refractivity contribution in [2.75, 3.05) is 0 Å². The Kier molecular flexibility index (Phi) is 2.54. The number of hydrogen-bond donors (Lipinski definition) is 2. The molecule has 0 amide bonds. The number of nitrogens with zero attached hydrogens (tertiary/aromatic N) is 4. The maximum atomic E-state index is 11.1. The van der Waals surface area contributed by atoms with Crippen molar-refractivity contribution in [3.63, 3.8) is 0 Å². The van der Waals surface area contributed by atoms with Crippen LogP contribution in [-0.2, 0) is 0 Å². The lowest BCUT2D eigenvalue weighted by Crippen LogP contribution is -2.28. The molecule has 0 fully saturated rings. The van der Waals surface area contributed by atoms with E-state index < -0.39 is 21.7 Å². The second-order valence-corrected chi connectivity index (χ2v) is 3.24. The van der Waals surface area contributed by atoms with Crippen LogP contribution in [-0.4, -0.2) is 14.9 Å². The number of azide groups is 1. The number of H-pyrrole nitrogens is 2. The van der Waals surface area contributed by atoms with Gasteiger partial charge in [0.25, 0.3) is 5.69 Å². The first kappa shape index (κ1) is 11.4. The average Bonchev–Trinajstić information content (AvgIpc) is 2.30. The zero-order valence-corrected chi connectivity index (χ0v) is 8.58. The Balaban J connectivity index is 2.93. The van der Waals surface area contributed by atoms with Crippen molar-refractivity contribution in [3.05, 3.63) is 53.4 Å². The van der Waals surface area contributed by atoms with Gasteiger partial charge in [-0.2, -0.15) is 0 Å². The van der Waals surface area contributed by atoms with Gasteiger partial charge >= 0.3 is 11.1 Å². The Bertz CT molecular complexity index is 758. The van der Waals surface area contributed by atoms with E-state index in [1.54, 1.807) is 0 Å². The van der Waals surface area contributed by atoms with Crippen LogP contribution < -0.4 is 11.1 Å². The Labute approximate surface area is 96.7 Å². The third-order valence-electron chi connectivity index (χ3n) is 2.17. The van der Waals surface area contributed by atoms with Crippen molar-refractivity contribution in [1.29, 1.82) is 0 Å². The van der Waals surface area contributed by atoms with Crippen molar-refractivity contribution in [1.82, 2.24) is 9.97 Å². The fourth-order valence-corrected chi connectivity index (χ4v) is 1.42. The molecule has 0 aliphatic carbocycles. The van der Waals surface area contributed by atoms with E-state index in [-0.39, 0.29) is 16.7 Å². The van der Waals surface area contributed by atoms with Crippen molar-refractivity contribution in [2.24, 2.45) is 5.11 Å². The van der Waals surface area contributed by atoms with Gasteiger partial charge in [0.05, 0.1) is 16.0 Å². The third kappa shape index (κ3) is 1.79. The van der Waals surface area contributed by atoms with Gasteiger partial charge in [0.15, 0.2) is 0 Å². The summed E-state index contributed by atoms with van der Waals surface area (Å²) >= 11 is 0. The zero-order valence-electron chi connectivity index (χ0n) is 8.58. The molecule has 0 saturated heterocycles. The Hall–Kier alpha value is -3.13. The van der Waals surface area contributed by atoms with Gasteiger partial charge < -0.3 is 9.97 Å². The van der Waals surface area contributed by atoms with E-state index in [0.717, 1.165) is 12.1 Å². The highest BCUT2D eigenvalue weighted by molar-refractivity contribution is 5.83. The SMILES string of the molecule is [N-]=[N+]=Nc1cc2[nH]c(=O)c(=O)[nH]c2cc1[N+](=O)[O-]. The number of fused-ring (bicyclic) bond motifs is 1. The molecule has 0 bridgehead atoms. The Morgan fingerprint density at radius 1 is 1.22 bits per heavy atom. The van der Waals surface area contributed by atoms with E-state index in [1.807, 2.05) is 0 Å². The first-order valence-electron chi connectivity index (χ1n) is 4.53. The zero-order chi connectivity index (χ0) is 13.3. The number of nitro groups is 1. The van der Waals surface area contributed by atoms with Gasteiger partial charge in [-0.15, -0.1) is 0 Å². The summed E-state index contributed by atoms with van der Waals surface area (Å²) in [4.78, 5) is 39.0. The first-order chi connectivity index (χ1) is 8.52. The lowest BCUT2D eigenvalue weighted by Gasteiger charge is -2.00. The fraction of sp³-hybridized carbons (Fsp3) is 0. The minimum atomic E-state index is -0.923. The van der Waals surface area contributed by atoms with Crippen LogP contribution in [0.15, 0.2) is 26.8 Å². The second kappa shape index (κ2) is 4.03. The summed E-state index contributed by atoms with van der Waals surface area (Å²) in [5.41, 5.74) is 5.96. The van der Waals surface area contributed by atoms with Crippen LogP contribution in [0.2, 0.25) is 0 Å². The van der Waals surface area contributed by atoms with Gasteiger partial charge in [0, 0.05) is 11.0 Å². The number of rotatable bonds is 2. The quantitative estimate of drug-likeness (QED) is 0.203. The molecule has 18 heavy (non-hydrogen) atoms. The molecule has 10 heteroatoms. The van der Waals surface area contributed by atoms with Crippen molar-refractivity contribution < 1.29 is 4.92 Å². The van der Waals surface area contributed by atoms with Crippen LogP contribution in [0.3, 0.4) is 0 Å². The highest BCUT2D eigenvalue weighted by Crippen LogP contribution is 2.30. The summed E-state index contributed by atoms with van der Waals surface area (Å²) in [7, 11) is 0. The molecule has 1 aromatic heterocycles. The van der Waals surface area contributed by atoms with E-state index in [1.165, 1.54) is 0 Å². The van der Waals surface area contributed by atoms with E-state index in [2.05, 4.69) is 20.0 Å². The predicted molar refractivity (Wildman–Crippen MR) is 60.6 cm³/mol. The Morgan fingerprint density at radius 2 is 1.78 bits per heavy atom. The van der Waals surface area contributed by atoms with E-state index in [9.17, 15) is 19.7 Å². The molecule has 0 aliphatic heterocycles. The van der Waals surface area contributed by atoms with Crippen LogP contribution in [0.4, 0.5) is 11.4 Å². The predicted octanol–water partition coefficient (Wildman–Crippen LogP) is 1.07. The molecule has 1 heterocycles. The number of hydrogen-bond acceptors (Lipinski definition) is 5. The lowest BCUT2D eigenvalue weighted by molar-refractivity contribution is -0.383. The molecule has 0 unspecified atom stereocenters.